The van der Waals surface area contributed by atoms with Crippen LogP contribution in [-0.4, -0.2) is 115 Å². The summed E-state index contributed by atoms with van der Waals surface area (Å²) in [7, 11) is -1.28. The van der Waals surface area contributed by atoms with Crippen LogP contribution >= 0.6 is 11.6 Å². The number of alkyl carbamates (subject to hydrolysis) is 1. The highest BCUT2D eigenvalue weighted by Crippen LogP contribution is 2.45. The van der Waals surface area contributed by atoms with Gasteiger partial charge in [-0.2, -0.15) is 0 Å². The number of likely N-dealkylation sites (tertiary alicyclic amines) is 1. The van der Waals surface area contributed by atoms with Gasteiger partial charge in [-0.3, -0.25) is 19.2 Å². The number of pyridine rings is 1. The summed E-state index contributed by atoms with van der Waals surface area (Å²) < 4.78 is 46.3. The standard InChI is InChI=1S/C45H51ClN6O10S/c1-7-29-25-45(29,42(56)50-63(58,59)32-16-12-9-13-17-32)49-40(54)37-23-31(27-52(37)41(55)34(20-21-51(5)39(53)26-46)48-43(57)62-44(2,3)4)61-38-24-35(28-14-10-8-11-15-28)47-36-22-30(60-6)18-19-33(36)38/h7-19,22,24,29,31,34,37H,1,20-21,23,25-27H2,2-6H3,(H,48,57)(H,49,54)(H,50,56)/t29-,31-,34+,37+,45-/m1/s1. The third-order valence-electron chi connectivity index (χ3n) is 10.8. The van der Waals surface area contributed by atoms with Crippen molar-refractivity contribution in [2.24, 2.45) is 5.92 Å². The summed E-state index contributed by atoms with van der Waals surface area (Å²) >= 11 is 5.79. The molecule has 18 heteroatoms. The molecule has 3 aromatic carbocycles. The second-order valence-electron chi connectivity index (χ2n) is 16.4. The van der Waals surface area contributed by atoms with Crippen molar-refractivity contribution in [3.63, 3.8) is 0 Å². The van der Waals surface area contributed by atoms with E-state index >= 15 is 0 Å². The van der Waals surface area contributed by atoms with Gasteiger partial charge in [0.25, 0.3) is 15.9 Å². The van der Waals surface area contributed by atoms with E-state index in [9.17, 15) is 32.4 Å². The van der Waals surface area contributed by atoms with Crippen molar-refractivity contribution in [3.05, 3.63) is 97.6 Å². The van der Waals surface area contributed by atoms with Crippen molar-refractivity contribution < 1.29 is 46.6 Å². The Labute approximate surface area is 371 Å². The number of benzene rings is 3. The Balaban J connectivity index is 1.35. The van der Waals surface area contributed by atoms with Crippen molar-refractivity contribution in [3.8, 4) is 22.8 Å². The van der Waals surface area contributed by atoms with E-state index in [0.717, 1.165) is 5.56 Å². The smallest absolute Gasteiger partial charge is 0.408 e. The van der Waals surface area contributed by atoms with Gasteiger partial charge in [0.15, 0.2) is 0 Å². The molecule has 1 saturated heterocycles. The molecule has 334 valence electrons. The molecule has 0 spiro atoms. The first-order valence-corrected chi connectivity index (χ1v) is 22.3. The molecule has 1 saturated carbocycles. The van der Waals surface area contributed by atoms with Gasteiger partial charge >= 0.3 is 6.09 Å². The summed E-state index contributed by atoms with van der Waals surface area (Å²) in [5.74, 6) is -2.84. The lowest BCUT2D eigenvalue weighted by atomic mass is 10.1. The fourth-order valence-electron chi connectivity index (χ4n) is 7.38. The van der Waals surface area contributed by atoms with Gasteiger partial charge in [0.2, 0.25) is 17.7 Å². The van der Waals surface area contributed by atoms with Crippen molar-refractivity contribution in [2.75, 3.05) is 33.1 Å². The summed E-state index contributed by atoms with van der Waals surface area (Å²) in [4.78, 5) is 76.2. The number of carbonyl (C=O) groups excluding carboxylic acids is 5. The molecule has 1 aliphatic carbocycles. The van der Waals surface area contributed by atoms with E-state index in [1.165, 1.54) is 47.2 Å². The predicted molar refractivity (Wildman–Crippen MR) is 235 cm³/mol. The van der Waals surface area contributed by atoms with Crippen LogP contribution in [0.15, 0.2) is 102 Å². The van der Waals surface area contributed by atoms with E-state index < -0.39 is 75.0 Å². The number of nitrogens with zero attached hydrogens (tertiary/aromatic N) is 3. The lowest BCUT2D eigenvalue weighted by molar-refractivity contribution is -0.141. The van der Waals surface area contributed by atoms with Crippen LogP contribution in [-0.2, 0) is 33.9 Å². The first-order chi connectivity index (χ1) is 29.9. The van der Waals surface area contributed by atoms with Crippen LogP contribution in [0.25, 0.3) is 22.2 Å². The molecule has 5 amide bonds. The van der Waals surface area contributed by atoms with E-state index in [1.54, 1.807) is 58.2 Å². The fourth-order valence-corrected chi connectivity index (χ4v) is 8.64. The number of halogens is 1. The van der Waals surface area contributed by atoms with Crippen LogP contribution < -0.4 is 24.8 Å². The Morgan fingerprint density at radius 2 is 1.71 bits per heavy atom. The second kappa shape index (κ2) is 19.0. The zero-order valence-electron chi connectivity index (χ0n) is 35.6. The van der Waals surface area contributed by atoms with Crippen LogP contribution in [0.1, 0.15) is 40.0 Å². The maximum atomic E-state index is 14.8. The molecule has 4 aromatic rings. The van der Waals surface area contributed by atoms with Gasteiger partial charge < -0.3 is 34.6 Å². The molecule has 0 unspecified atom stereocenters. The molecule has 63 heavy (non-hydrogen) atoms. The average Bonchev–Trinajstić information content (AvgIpc) is 3.82. The Morgan fingerprint density at radius 3 is 2.33 bits per heavy atom. The first kappa shape index (κ1) is 46.3. The van der Waals surface area contributed by atoms with Crippen LogP contribution in [0.3, 0.4) is 0 Å². The normalized spacial score (nSPS) is 19.9. The van der Waals surface area contributed by atoms with Crippen LogP contribution in [0.5, 0.6) is 11.5 Å². The van der Waals surface area contributed by atoms with Crippen molar-refractivity contribution in [2.45, 2.75) is 74.3 Å². The average molecular weight is 903 g/mol. The molecule has 2 fully saturated rings. The maximum absolute atomic E-state index is 14.8. The number of ether oxygens (including phenoxy) is 3. The number of amides is 5. The van der Waals surface area contributed by atoms with E-state index in [-0.39, 0.29) is 43.1 Å². The Kier molecular flexibility index (Phi) is 14.0. The monoisotopic (exact) mass is 902 g/mol. The molecule has 6 rings (SSSR count). The van der Waals surface area contributed by atoms with Crippen molar-refractivity contribution in [1.82, 2.24) is 30.1 Å². The highest BCUT2D eigenvalue weighted by atomic mass is 35.5. The molecule has 3 N–H and O–H groups in total. The minimum Gasteiger partial charge on any atom is -0.497 e. The number of fused-ring (bicyclic) bond motifs is 1. The summed E-state index contributed by atoms with van der Waals surface area (Å²) in [5, 5.41) is 6.02. The molecule has 5 atom stereocenters. The topological polar surface area (TPSA) is 203 Å². The maximum Gasteiger partial charge on any atom is 0.408 e. The van der Waals surface area contributed by atoms with Gasteiger partial charge in [-0.25, -0.2) is 22.9 Å². The molecule has 16 nitrogen and oxygen atoms in total. The summed E-state index contributed by atoms with van der Waals surface area (Å²) in [5.41, 5.74) is -0.682. The predicted octanol–water partition coefficient (Wildman–Crippen LogP) is 4.81. The van der Waals surface area contributed by atoms with Gasteiger partial charge in [-0.05, 0) is 57.9 Å². The van der Waals surface area contributed by atoms with Gasteiger partial charge in [0.1, 0.15) is 46.7 Å². The zero-order valence-corrected chi connectivity index (χ0v) is 37.2. The fraction of sp³-hybridized carbons (Fsp3) is 0.378. The molecule has 2 aliphatic rings. The van der Waals surface area contributed by atoms with Crippen LogP contribution in [0.2, 0.25) is 0 Å². The van der Waals surface area contributed by atoms with Crippen LogP contribution in [0, 0.1) is 5.92 Å². The molecule has 0 radical (unpaired) electrons. The van der Waals surface area contributed by atoms with E-state index in [0.29, 0.717) is 28.1 Å². The van der Waals surface area contributed by atoms with Gasteiger partial charge in [-0.1, -0.05) is 54.6 Å². The number of hydrogen-bond acceptors (Lipinski definition) is 11. The summed E-state index contributed by atoms with van der Waals surface area (Å²) in [6, 6.07) is 21.2. The molecule has 1 aliphatic heterocycles. The highest BCUT2D eigenvalue weighted by molar-refractivity contribution is 7.90. The SMILES string of the molecule is C=C[C@@H]1C[C@]1(NC(=O)[C@@H]1C[C@@H](Oc2cc(-c3ccccc3)nc3cc(OC)ccc23)CN1C(=O)[C@H](CCN(C)C(=O)CCl)NC(=O)OC(C)(C)C)C(=O)NS(=O)(=O)c1ccccc1. The molecule has 1 aromatic heterocycles. The molecule has 2 heterocycles. The quantitative estimate of drug-likeness (QED) is 0.103. The Hall–Kier alpha value is -6.20. The Bertz CT molecular complexity index is 2490. The minimum absolute atomic E-state index is 0.00267. The number of hydrogen-bond donors (Lipinski definition) is 3. The number of methoxy groups -OCH3 is 1. The minimum atomic E-state index is -4.33. The number of nitrogens with one attached hydrogen (secondary N) is 3. The number of rotatable bonds is 16. The van der Waals surface area contributed by atoms with Crippen molar-refractivity contribution in [1.29, 1.82) is 0 Å². The van der Waals surface area contributed by atoms with Gasteiger partial charge in [0.05, 0.1) is 29.8 Å². The third kappa shape index (κ3) is 10.9. The number of sulfonamides is 1. The second-order valence-corrected chi connectivity index (χ2v) is 18.4. The van der Waals surface area contributed by atoms with E-state index in [1.807, 2.05) is 30.3 Å². The summed E-state index contributed by atoms with van der Waals surface area (Å²) in [6.07, 6.45) is -0.424. The zero-order chi connectivity index (χ0) is 45.7. The molecular formula is C45H51ClN6O10S. The number of carbonyl (C=O) groups is 5. The van der Waals surface area contributed by atoms with E-state index in [4.69, 9.17) is 30.8 Å². The van der Waals surface area contributed by atoms with Crippen molar-refractivity contribution >= 4 is 62.2 Å². The Morgan fingerprint density at radius 1 is 1.03 bits per heavy atom. The van der Waals surface area contributed by atoms with E-state index in [2.05, 4.69) is 21.9 Å². The number of aromatic nitrogens is 1. The van der Waals surface area contributed by atoms with Crippen LogP contribution in [0.4, 0.5) is 4.79 Å². The largest absolute Gasteiger partial charge is 0.497 e. The van der Waals surface area contributed by atoms with Gasteiger partial charge in [0, 0.05) is 49.0 Å². The lowest BCUT2D eigenvalue weighted by Crippen LogP contribution is -2.58. The summed E-state index contributed by atoms with van der Waals surface area (Å²) in [6.45, 7) is 8.60. The first-order valence-electron chi connectivity index (χ1n) is 20.3. The highest BCUT2D eigenvalue weighted by Gasteiger charge is 2.61. The number of alkyl halides is 1. The third-order valence-corrected chi connectivity index (χ3v) is 12.4. The molecule has 0 bridgehead atoms. The lowest BCUT2D eigenvalue weighted by Gasteiger charge is -2.31. The molecular weight excluding hydrogens is 852 g/mol. The van der Waals surface area contributed by atoms with Gasteiger partial charge in [-0.15, -0.1) is 18.2 Å².